The van der Waals surface area contributed by atoms with Gasteiger partial charge in [-0.1, -0.05) is 6.42 Å². The van der Waals surface area contributed by atoms with E-state index in [9.17, 15) is 9.59 Å². The van der Waals surface area contributed by atoms with Crippen LogP contribution in [0.4, 0.5) is 4.79 Å². The first-order valence-corrected chi connectivity index (χ1v) is 6.54. The molecule has 0 aliphatic carbocycles. The number of carbonyl (C=O) groups excluding carboxylic acids is 1. The van der Waals surface area contributed by atoms with Crippen LogP contribution in [0.1, 0.15) is 37.1 Å². The fourth-order valence-electron chi connectivity index (χ4n) is 1.56. The number of amides is 1. The van der Waals surface area contributed by atoms with Crippen molar-refractivity contribution in [1.29, 1.82) is 0 Å². The van der Waals surface area contributed by atoms with E-state index < -0.39 is 6.09 Å². The highest BCUT2D eigenvalue weighted by molar-refractivity contribution is 5.93. The SMILES string of the molecule is Cc1ncc(/C=C/C(=O)CCCCCNC(=O)O)cn1. The number of aromatic nitrogens is 2. The normalized spacial score (nSPS) is 10.7. The molecule has 0 aliphatic heterocycles. The summed E-state index contributed by atoms with van der Waals surface area (Å²) < 4.78 is 0. The topological polar surface area (TPSA) is 92.2 Å². The third kappa shape index (κ3) is 7.25. The van der Waals surface area contributed by atoms with E-state index in [1.165, 1.54) is 6.08 Å². The van der Waals surface area contributed by atoms with Crippen LogP contribution >= 0.6 is 0 Å². The lowest BCUT2D eigenvalue weighted by atomic mass is 10.1. The first kappa shape index (κ1) is 15.8. The first-order chi connectivity index (χ1) is 9.58. The van der Waals surface area contributed by atoms with Gasteiger partial charge in [-0.25, -0.2) is 14.8 Å². The highest BCUT2D eigenvalue weighted by atomic mass is 16.4. The van der Waals surface area contributed by atoms with Crippen molar-refractivity contribution in [1.82, 2.24) is 15.3 Å². The fourth-order valence-corrected chi connectivity index (χ4v) is 1.56. The van der Waals surface area contributed by atoms with Crippen LogP contribution in [-0.4, -0.2) is 33.5 Å². The van der Waals surface area contributed by atoms with E-state index >= 15 is 0 Å². The van der Waals surface area contributed by atoms with Gasteiger partial charge in [-0.3, -0.25) is 4.79 Å². The number of hydrogen-bond acceptors (Lipinski definition) is 4. The van der Waals surface area contributed by atoms with E-state index in [-0.39, 0.29) is 5.78 Å². The van der Waals surface area contributed by atoms with Crippen molar-refractivity contribution >= 4 is 18.0 Å². The zero-order valence-corrected chi connectivity index (χ0v) is 11.5. The zero-order chi connectivity index (χ0) is 14.8. The van der Waals surface area contributed by atoms with Crippen molar-refractivity contribution in [3.63, 3.8) is 0 Å². The van der Waals surface area contributed by atoms with Gasteiger partial charge in [0.15, 0.2) is 5.78 Å². The fraction of sp³-hybridized carbons (Fsp3) is 0.429. The molecule has 0 aliphatic rings. The third-order valence-corrected chi connectivity index (χ3v) is 2.64. The molecule has 0 saturated heterocycles. The van der Waals surface area contributed by atoms with Gasteiger partial charge in [0.05, 0.1) is 0 Å². The van der Waals surface area contributed by atoms with Gasteiger partial charge in [-0.05, 0) is 31.9 Å². The molecule has 1 aromatic heterocycles. The van der Waals surface area contributed by atoms with E-state index in [0.29, 0.717) is 18.8 Å². The monoisotopic (exact) mass is 277 g/mol. The van der Waals surface area contributed by atoms with E-state index in [0.717, 1.165) is 24.8 Å². The molecular formula is C14H19N3O3. The van der Waals surface area contributed by atoms with Crippen molar-refractivity contribution in [2.45, 2.75) is 32.6 Å². The van der Waals surface area contributed by atoms with Crippen LogP contribution in [0, 0.1) is 6.92 Å². The van der Waals surface area contributed by atoms with Gasteiger partial charge in [-0.2, -0.15) is 0 Å². The summed E-state index contributed by atoms with van der Waals surface area (Å²) in [6, 6.07) is 0. The quantitative estimate of drug-likeness (QED) is 0.561. The van der Waals surface area contributed by atoms with Crippen LogP contribution in [0.15, 0.2) is 18.5 Å². The van der Waals surface area contributed by atoms with Gasteiger partial charge in [-0.15, -0.1) is 0 Å². The summed E-state index contributed by atoms with van der Waals surface area (Å²) >= 11 is 0. The second-order valence-electron chi connectivity index (χ2n) is 4.41. The Morgan fingerprint density at radius 3 is 2.60 bits per heavy atom. The minimum absolute atomic E-state index is 0.0526. The van der Waals surface area contributed by atoms with Crippen molar-refractivity contribution in [2.24, 2.45) is 0 Å². The van der Waals surface area contributed by atoms with Crippen molar-refractivity contribution < 1.29 is 14.7 Å². The minimum atomic E-state index is -1.01. The highest BCUT2D eigenvalue weighted by Crippen LogP contribution is 2.03. The number of ketones is 1. The summed E-state index contributed by atoms with van der Waals surface area (Å²) in [5.74, 6) is 0.750. The molecule has 2 N–H and O–H groups in total. The molecule has 0 unspecified atom stereocenters. The number of nitrogens with zero attached hydrogens (tertiary/aromatic N) is 2. The Bertz CT molecular complexity index is 469. The van der Waals surface area contributed by atoms with Crippen LogP contribution in [-0.2, 0) is 4.79 Å². The largest absolute Gasteiger partial charge is 0.465 e. The smallest absolute Gasteiger partial charge is 0.404 e. The number of carbonyl (C=O) groups is 2. The second kappa shape index (κ2) is 8.79. The summed E-state index contributed by atoms with van der Waals surface area (Å²) in [5.41, 5.74) is 0.801. The van der Waals surface area contributed by atoms with Crippen molar-refractivity contribution in [3.8, 4) is 0 Å². The average Bonchev–Trinajstić information content (AvgIpc) is 2.41. The maximum atomic E-state index is 11.6. The molecule has 0 atom stereocenters. The molecule has 1 amide bonds. The van der Waals surface area contributed by atoms with Gasteiger partial charge >= 0.3 is 6.09 Å². The van der Waals surface area contributed by atoms with Gasteiger partial charge in [0.25, 0.3) is 0 Å². The maximum Gasteiger partial charge on any atom is 0.404 e. The Morgan fingerprint density at radius 2 is 1.95 bits per heavy atom. The Kier molecular flexibility index (Phi) is 6.95. The molecule has 6 nitrogen and oxygen atoms in total. The number of unbranched alkanes of at least 4 members (excludes halogenated alkanes) is 2. The average molecular weight is 277 g/mol. The van der Waals surface area contributed by atoms with Gasteiger partial charge in [0.1, 0.15) is 5.82 Å². The lowest BCUT2D eigenvalue weighted by Crippen LogP contribution is -2.21. The van der Waals surface area contributed by atoms with E-state index in [4.69, 9.17) is 5.11 Å². The van der Waals surface area contributed by atoms with Crippen molar-refractivity contribution in [2.75, 3.05) is 6.54 Å². The molecule has 0 fully saturated rings. The van der Waals surface area contributed by atoms with E-state index in [2.05, 4.69) is 15.3 Å². The van der Waals surface area contributed by atoms with Crippen LogP contribution in [0.25, 0.3) is 6.08 Å². The molecule has 108 valence electrons. The lowest BCUT2D eigenvalue weighted by Gasteiger charge is -2.00. The van der Waals surface area contributed by atoms with E-state index in [1.807, 2.05) is 0 Å². The molecule has 0 radical (unpaired) electrons. The number of hydrogen-bond donors (Lipinski definition) is 2. The Labute approximate surface area is 117 Å². The van der Waals surface area contributed by atoms with Crippen molar-refractivity contribution in [3.05, 3.63) is 29.9 Å². The van der Waals surface area contributed by atoms with Crippen LogP contribution in [0.5, 0.6) is 0 Å². The molecular weight excluding hydrogens is 258 g/mol. The minimum Gasteiger partial charge on any atom is -0.465 e. The van der Waals surface area contributed by atoms with Gasteiger partial charge < -0.3 is 10.4 Å². The maximum absolute atomic E-state index is 11.6. The Balaban J connectivity index is 2.17. The van der Waals surface area contributed by atoms with Gasteiger partial charge in [0.2, 0.25) is 0 Å². The standard InChI is InChI=1S/C14H19N3O3/c1-11-16-9-12(10-17-11)6-7-13(18)5-3-2-4-8-15-14(19)20/h6-7,9-10,15H,2-5,8H2,1H3,(H,19,20)/b7-6+. The second-order valence-corrected chi connectivity index (χ2v) is 4.41. The van der Waals surface area contributed by atoms with Gasteiger partial charge in [0, 0.05) is 30.9 Å². The predicted molar refractivity (Wildman–Crippen MR) is 75.3 cm³/mol. The lowest BCUT2D eigenvalue weighted by molar-refractivity contribution is -0.114. The summed E-state index contributed by atoms with van der Waals surface area (Å²) in [4.78, 5) is 29.9. The molecule has 6 heteroatoms. The molecule has 20 heavy (non-hydrogen) atoms. The molecule has 1 rings (SSSR count). The first-order valence-electron chi connectivity index (χ1n) is 6.54. The summed E-state index contributed by atoms with van der Waals surface area (Å²) in [5, 5.41) is 10.7. The number of aryl methyl sites for hydroxylation is 1. The molecule has 0 saturated carbocycles. The Morgan fingerprint density at radius 1 is 1.25 bits per heavy atom. The number of allylic oxidation sites excluding steroid dienone is 1. The molecule has 0 spiro atoms. The molecule has 1 aromatic rings. The van der Waals surface area contributed by atoms with E-state index in [1.54, 1.807) is 25.4 Å². The number of nitrogens with one attached hydrogen (secondary N) is 1. The predicted octanol–water partition coefficient (Wildman–Crippen LogP) is 2.20. The summed E-state index contributed by atoms with van der Waals surface area (Å²) in [6.07, 6.45) is 8.36. The van der Waals surface area contributed by atoms with Crippen LogP contribution in [0.3, 0.4) is 0 Å². The number of rotatable bonds is 8. The van der Waals surface area contributed by atoms with Crippen LogP contribution < -0.4 is 5.32 Å². The zero-order valence-electron chi connectivity index (χ0n) is 11.5. The molecule has 1 heterocycles. The van der Waals surface area contributed by atoms with Crippen LogP contribution in [0.2, 0.25) is 0 Å². The molecule has 0 bridgehead atoms. The summed E-state index contributed by atoms with van der Waals surface area (Å²) in [7, 11) is 0. The molecule has 0 aromatic carbocycles. The highest BCUT2D eigenvalue weighted by Gasteiger charge is 1.98. The number of carboxylic acid groups (broad SMARTS) is 1. The summed E-state index contributed by atoms with van der Waals surface area (Å²) in [6.45, 7) is 2.23. The Hall–Kier alpha value is -2.24. The third-order valence-electron chi connectivity index (χ3n) is 2.64.